The Bertz CT molecular complexity index is 359. The Labute approximate surface area is 107 Å². The molecule has 1 saturated carbocycles. The van der Waals surface area contributed by atoms with Gasteiger partial charge in [-0.15, -0.1) is 0 Å². The Balaban J connectivity index is 1.93. The second-order valence-electron chi connectivity index (χ2n) is 4.36. The van der Waals surface area contributed by atoms with Crippen LogP contribution >= 0.6 is 11.8 Å². The number of aromatic nitrogens is 1. The van der Waals surface area contributed by atoms with Crippen LogP contribution in [0.25, 0.3) is 0 Å². The van der Waals surface area contributed by atoms with Crippen LogP contribution in [0.2, 0.25) is 0 Å². The normalized spacial score (nSPS) is 23.9. The Morgan fingerprint density at radius 1 is 1.53 bits per heavy atom. The molecule has 2 rings (SSSR count). The van der Waals surface area contributed by atoms with Crippen molar-refractivity contribution in [1.82, 2.24) is 10.3 Å². The van der Waals surface area contributed by atoms with Crippen molar-refractivity contribution in [1.29, 1.82) is 0 Å². The standard InChI is InChI=1S/C13H20N2OS/c1-16-13-10(5-4-8-14-13)9-15-11-6-3-7-12(11)17-2/h4-5,8,11-12,15H,3,6-7,9H2,1-2H3. The first-order chi connectivity index (χ1) is 8.35. The van der Waals surface area contributed by atoms with Crippen LogP contribution in [0.15, 0.2) is 18.3 Å². The molecular weight excluding hydrogens is 232 g/mol. The molecule has 1 N–H and O–H groups in total. The predicted octanol–water partition coefficient (Wildman–Crippen LogP) is 2.46. The third-order valence-electron chi connectivity index (χ3n) is 3.35. The van der Waals surface area contributed by atoms with Crippen LogP contribution in [0.5, 0.6) is 5.88 Å². The summed E-state index contributed by atoms with van der Waals surface area (Å²) in [4.78, 5) is 4.21. The molecule has 3 nitrogen and oxygen atoms in total. The molecule has 0 radical (unpaired) electrons. The summed E-state index contributed by atoms with van der Waals surface area (Å²) < 4.78 is 5.26. The van der Waals surface area contributed by atoms with E-state index in [9.17, 15) is 0 Å². The number of nitrogens with one attached hydrogen (secondary N) is 1. The first-order valence-corrected chi connectivity index (χ1v) is 7.38. The number of hydrogen-bond donors (Lipinski definition) is 1. The van der Waals surface area contributed by atoms with Crippen molar-refractivity contribution in [2.45, 2.75) is 37.1 Å². The van der Waals surface area contributed by atoms with Crippen molar-refractivity contribution in [3.8, 4) is 5.88 Å². The van der Waals surface area contributed by atoms with Crippen LogP contribution < -0.4 is 10.1 Å². The van der Waals surface area contributed by atoms with E-state index in [4.69, 9.17) is 4.74 Å². The van der Waals surface area contributed by atoms with Crippen molar-refractivity contribution in [3.63, 3.8) is 0 Å². The second-order valence-corrected chi connectivity index (χ2v) is 5.44. The predicted molar refractivity (Wildman–Crippen MR) is 72.6 cm³/mol. The number of pyridine rings is 1. The van der Waals surface area contributed by atoms with Crippen molar-refractivity contribution in [2.75, 3.05) is 13.4 Å². The average Bonchev–Trinajstić information content (AvgIpc) is 2.84. The molecule has 0 aromatic carbocycles. The molecule has 1 aromatic heterocycles. The third-order valence-corrected chi connectivity index (χ3v) is 4.52. The number of nitrogens with zero attached hydrogens (tertiary/aromatic N) is 1. The summed E-state index contributed by atoms with van der Waals surface area (Å²) in [6.07, 6.45) is 7.93. The van der Waals surface area contributed by atoms with E-state index in [1.165, 1.54) is 19.3 Å². The van der Waals surface area contributed by atoms with Crippen molar-refractivity contribution >= 4 is 11.8 Å². The molecule has 0 saturated heterocycles. The lowest BCUT2D eigenvalue weighted by Gasteiger charge is -2.19. The van der Waals surface area contributed by atoms with Crippen molar-refractivity contribution in [3.05, 3.63) is 23.9 Å². The lowest BCUT2D eigenvalue weighted by Crippen LogP contribution is -2.33. The summed E-state index contributed by atoms with van der Waals surface area (Å²) in [6.45, 7) is 0.846. The van der Waals surface area contributed by atoms with Crippen LogP contribution in [0.4, 0.5) is 0 Å². The molecule has 4 heteroatoms. The molecule has 0 aliphatic heterocycles. The fourth-order valence-corrected chi connectivity index (χ4v) is 3.39. The Morgan fingerprint density at radius 2 is 2.41 bits per heavy atom. The van der Waals surface area contributed by atoms with E-state index in [1.54, 1.807) is 13.3 Å². The minimum absolute atomic E-state index is 0.634. The molecular formula is C13H20N2OS. The van der Waals surface area contributed by atoms with Crippen LogP contribution in [-0.2, 0) is 6.54 Å². The SMILES string of the molecule is COc1ncccc1CNC1CCCC1SC. The minimum atomic E-state index is 0.634. The maximum atomic E-state index is 5.26. The van der Waals surface area contributed by atoms with Gasteiger partial charge in [0.05, 0.1) is 7.11 Å². The Kier molecular flexibility index (Phi) is 4.68. The molecule has 1 aliphatic carbocycles. The summed E-state index contributed by atoms with van der Waals surface area (Å²) in [5.41, 5.74) is 1.14. The van der Waals surface area contributed by atoms with E-state index in [0.717, 1.165) is 23.2 Å². The number of ether oxygens (including phenoxy) is 1. The molecule has 1 aromatic rings. The van der Waals surface area contributed by atoms with Gasteiger partial charge in [-0.25, -0.2) is 4.98 Å². The van der Waals surface area contributed by atoms with Gasteiger partial charge < -0.3 is 10.1 Å². The van der Waals surface area contributed by atoms with Gasteiger partial charge in [0.15, 0.2) is 0 Å². The molecule has 1 aliphatic rings. The molecule has 1 fully saturated rings. The zero-order valence-corrected chi connectivity index (χ0v) is 11.3. The van der Waals surface area contributed by atoms with Gasteiger partial charge in [0.1, 0.15) is 0 Å². The van der Waals surface area contributed by atoms with Gasteiger partial charge in [-0.2, -0.15) is 11.8 Å². The lowest BCUT2D eigenvalue weighted by molar-refractivity contribution is 0.388. The number of thioether (sulfide) groups is 1. The zero-order valence-electron chi connectivity index (χ0n) is 10.5. The lowest BCUT2D eigenvalue weighted by atomic mass is 10.2. The number of methoxy groups -OCH3 is 1. The summed E-state index contributed by atoms with van der Waals surface area (Å²) in [5, 5.41) is 4.39. The monoisotopic (exact) mass is 252 g/mol. The van der Waals surface area contributed by atoms with Gasteiger partial charge in [-0.1, -0.05) is 12.5 Å². The molecule has 1 heterocycles. The van der Waals surface area contributed by atoms with Gasteiger partial charge in [0.25, 0.3) is 0 Å². The van der Waals surface area contributed by atoms with Crippen LogP contribution in [0, 0.1) is 0 Å². The molecule has 94 valence electrons. The minimum Gasteiger partial charge on any atom is -0.481 e. The average molecular weight is 252 g/mol. The molecule has 0 bridgehead atoms. The van der Waals surface area contributed by atoms with Crippen molar-refractivity contribution in [2.24, 2.45) is 0 Å². The van der Waals surface area contributed by atoms with E-state index in [-0.39, 0.29) is 0 Å². The number of hydrogen-bond acceptors (Lipinski definition) is 4. The quantitative estimate of drug-likeness (QED) is 0.873. The highest BCUT2D eigenvalue weighted by atomic mass is 32.2. The van der Waals surface area contributed by atoms with Crippen LogP contribution in [0.3, 0.4) is 0 Å². The maximum absolute atomic E-state index is 5.26. The van der Waals surface area contributed by atoms with Gasteiger partial charge in [-0.05, 0) is 25.2 Å². The topological polar surface area (TPSA) is 34.1 Å². The first-order valence-electron chi connectivity index (χ1n) is 6.09. The van der Waals surface area contributed by atoms with Gasteiger partial charge in [0.2, 0.25) is 5.88 Å². The molecule has 2 atom stereocenters. The highest BCUT2D eigenvalue weighted by Gasteiger charge is 2.25. The fourth-order valence-electron chi connectivity index (χ4n) is 2.43. The Hall–Kier alpha value is -0.740. The van der Waals surface area contributed by atoms with Gasteiger partial charge >= 0.3 is 0 Å². The fraction of sp³-hybridized carbons (Fsp3) is 0.615. The number of rotatable bonds is 5. The highest BCUT2D eigenvalue weighted by Crippen LogP contribution is 2.28. The first kappa shape index (κ1) is 12.7. The summed E-state index contributed by atoms with van der Waals surface area (Å²) in [7, 11) is 1.67. The maximum Gasteiger partial charge on any atom is 0.217 e. The van der Waals surface area contributed by atoms with Crippen LogP contribution in [-0.4, -0.2) is 29.6 Å². The second kappa shape index (κ2) is 6.26. The van der Waals surface area contributed by atoms with E-state index in [2.05, 4.69) is 22.6 Å². The molecule has 0 spiro atoms. The van der Waals surface area contributed by atoms with E-state index < -0.39 is 0 Å². The molecule has 17 heavy (non-hydrogen) atoms. The van der Waals surface area contributed by atoms with E-state index in [0.29, 0.717) is 6.04 Å². The largest absolute Gasteiger partial charge is 0.481 e. The Morgan fingerprint density at radius 3 is 3.18 bits per heavy atom. The molecule has 2 unspecified atom stereocenters. The van der Waals surface area contributed by atoms with E-state index >= 15 is 0 Å². The highest BCUT2D eigenvalue weighted by molar-refractivity contribution is 7.99. The molecule has 0 amide bonds. The summed E-state index contributed by atoms with van der Waals surface area (Å²) in [5.74, 6) is 0.735. The van der Waals surface area contributed by atoms with Gasteiger partial charge in [-0.3, -0.25) is 0 Å². The van der Waals surface area contributed by atoms with Crippen molar-refractivity contribution < 1.29 is 4.74 Å². The zero-order chi connectivity index (χ0) is 12.1. The smallest absolute Gasteiger partial charge is 0.217 e. The third kappa shape index (κ3) is 3.13. The summed E-state index contributed by atoms with van der Waals surface area (Å²) in [6, 6.07) is 4.66. The van der Waals surface area contributed by atoms with E-state index in [1.807, 2.05) is 17.8 Å². The summed E-state index contributed by atoms with van der Waals surface area (Å²) >= 11 is 1.98. The van der Waals surface area contributed by atoms with Crippen LogP contribution in [0.1, 0.15) is 24.8 Å². The van der Waals surface area contributed by atoms with Gasteiger partial charge in [0, 0.05) is 29.6 Å².